The van der Waals surface area contributed by atoms with E-state index in [1.54, 1.807) is 0 Å². The van der Waals surface area contributed by atoms with E-state index in [-0.39, 0.29) is 5.41 Å². The maximum atomic E-state index is 11.6. The molecular weight excluding hydrogens is 286 g/mol. The van der Waals surface area contributed by atoms with Crippen LogP contribution in [0.5, 0.6) is 0 Å². The number of hydrogen-bond donors (Lipinski definition) is 2. The van der Waals surface area contributed by atoms with Crippen LogP contribution in [0.3, 0.4) is 0 Å². The van der Waals surface area contributed by atoms with E-state index >= 15 is 0 Å². The third-order valence-corrected chi connectivity index (χ3v) is 6.10. The van der Waals surface area contributed by atoms with E-state index in [9.17, 15) is 9.90 Å². The molecule has 0 unspecified atom stereocenters. The van der Waals surface area contributed by atoms with Crippen molar-refractivity contribution in [2.45, 2.75) is 70.8 Å². The molecule has 1 fully saturated rings. The van der Waals surface area contributed by atoms with E-state index in [1.165, 1.54) is 5.56 Å². The molecule has 1 aromatic carbocycles. The Balaban J connectivity index is 1.91. The van der Waals surface area contributed by atoms with Crippen LogP contribution in [0.25, 0.3) is 0 Å². The van der Waals surface area contributed by atoms with E-state index in [4.69, 9.17) is 0 Å². The summed E-state index contributed by atoms with van der Waals surface area (Å²) in [5.41, 5.74) is 1.08. The third-order valence-electron chi connectivity index (χ3n) is 6.10. The summed E-state index contributed by atoms with van der Waals surface area (Å²) in [5.74, 6) is -0.667. The Labute approximate surface area is 140 Å². The summed E-state index contributed by atoms with van der Waals surface area (Å²) in [4.78, 5) is 11.6. The van der Waals surface area contributed by atoms with Gasteiger partial charge in [0.15, 0.2) is 0 Å². The van der Waals surface area contributed by atoms with Gasteiger partial charge >= 0.3 is 5.97 Å². The standard InChI is InChI=1S/C20H31NO2/c1-4-20(5-2,18(22)23)15-21-17-11-13-19(3,14-12-17)16-9-7-6-8-10-16/h6-10,17,21H,4-5,11-15H2,1-3H3,(H,22,23). The van der Waals surface area contributed by atoms with Gasteiger partial charge in [0.25, 0.3) is 0 Å². The first kappa shape index (κ1) is 18.0. The van der Waals surface area contributed by atoms with Crippen LogP contribution < -0.4 is 5.32 Å². The molecule has 0 radical (unpaired) electrons. The molecule has 0 spiro atoms. The van der Waals surface area contributed by atoms with Gasteiger partial charge in [0.1, 0.15) is 0 Å². The van der Waals surface area contributed by atoms with Crippen LogP contribution in [-0.4, -0.2) is 23.7 Å². The Morgan fingerprint density at radius 3 is 2.26 bits per heavy atom. The molecule has 0 bridgehead atoms. The van der Waals surface area contributed by atoms with Crippen LogP contribution in [0, 0.1) is 5.41 Å². The smallest absolute Gasteiger partial charge is 0.310 e. The molecule has 23 heavy (non-hydrogen) atoms. The van der Waals surface area contributed by atoms with Crippen molar-refractivity contribution in [1.29, 1.82) is 0 Å². The number of carboxylic acids is 1. The van der Waals surface area contributed by atoms with Gasteiger partial charge in [-0.05, 0) is 49.5 Å². The van der Waals surface area contributed by atoms with Gasteiger partial charge in [-0.3, -0.25) is 4.79 Å². The minimum atomic E-state index is -0.667. The lowest BCUT2D eigenvalue weighted by atomic mass is 9.69. The Bertz CT molecular complexity index is 500. The van der Waals surface area contributed by atoms with Crippen molar-refractivity contribution in [2.24, 2.45) is 5.41 Å². The third kappa shape index (κ3) is 3.95. The highest BCUT2D eigenvalue weighted by Crippen LogP contribution is 2.39. The quantitative estimate of drug-likeness (QED) is 0.785. The Morgan fingerprint density at radius 1 is 1.22 bits per heavy atom. The maximum absolute atomic E-state index is 11.6. The van der Waals surface area contributed by atoms with Gasteiger partial charge in [-0.1, -0.05) is 51.1 Å². The summed E-state index contributed by atoms with van der Waals surface area (Å²) in [6.07, 6.45) is 5.92. The van der Waals surface area contributed by atoms with Crippen molar-refractivity contribution in [1.82, 2.24) is 5.32 Å². The number of aliphatic carboxylic acids is 1. The number of rotatable bonds is 7. The van der Waals surface area contributed by atoms with Gasteiger partial charge in [-0.15, -0.1) is 0 Å². The molecule has 0 amide bonds. The first-order chi connectivity index (χ1) is 11.0. The highest BCUT2D eigenvalue weighted by atomic mass is 16.4. The minimum absolute atomic E-state index is 0.263. The lowest BCUT2D eigenvalue weighted by Gasteiger charge is -2.39. The van der Waals surface area contributed by atoms with E-state index in [0.717, 1.165) is 25.7 Å². The summed E-state index contributed by atoms with van der Waals surface area (Å²) in [7, 11) is 0. The molecule has 3 nitrogen and oxygen atoms in total. The topological polar surface area (TPSA) is 49.3 Å². The molecule has 0 heterocycles. The van der Waals surface area contributed by atoms with Crippen LogP contribution in [-0.2, 0) is 10.2 Å². The highest BCUT2D eigenvalue weighted by molar-refractivity contribution is 5.74. The second-order valence-corrected chi connectivity index (χ2v) is 7.37. The van der Waals surface area contributed by atoms with Gasteiger partial charge in [0.05, 0.1) is 5.41 Å². The first-order valence-corrected chi connectivity index (χ1v) is 8.98. The first-order valence-electron chi connectivity index (χ1n) is 8.98. The molecule has 1 aromatic rings. The van der Waals surface area contributed by atoms with Crippen molar-refractivity contribution in [3.8, 4) is 0 Å². The molecule has 1 aliphatic carbocycles. The molecule has 0 aromatic heterocycles. The Kier molecular flexibility index (Phi) is 5.85. The second kappa shape index (κ2) is 7.48. The largest absolute Gasteiger partial charge is 0.481 e. The maximum Gasteiger partial charge on any atom is 0.310 e. The SMILES string of the molecule is CCC(CC)(CNC1CCC(C)(c2ccccc2)CC1)C(=O)O. The van der Waals surface area contributed by atoms with Crippen LogP contribution in [0.2, 0.25) is 0 Å². The summed E-state index contributed by atoms with van der Waals surface area (Å²) in [5, 5.41) is 13.1. The van der Waals surface area contributed by atoms with Crippen molar-refractivity contribution >= 4 is 5.97 Å². The monoisotopic (exact) mass is 317 g/mol. The normalized spacial score (nSPS) is 25.3. The van der Waals surface area contributed by atoms with Crippen molar-refractivity contribution in [2.75, 3.05) is 6.54 Å². The highest BCUT2D eigenvalue weighted by Gasteiger charge is 2.37. The zero-order valence-corrected chi connectivity index (χ0v) is 14.8. The van der Waals surface area contributed by atoms with Gasteiger partial charge < -0.3 is 10.4 Å². The summed E-state index contributed by atoms with van der Waals surface area (Å²) in [6, 6.07) is 11.2. The number of carboxylic acid groups (broad SMARTS) is 1. The molecule has 0 atom stereocenters. The summed E-state index contributed by atoms with van der Waals surface area (Å²) < 4.78 is 0. The predicted octanol–water partition coefficient (Wildman–Crippen LogP) is 4.37. The molecule has 0 saturated heterocycles. The fraction of sp³-hybridized carbons (Fsp3) is 0.650. The predicted molar refractivity (Wildman–Crippen MR) is 94.7 cm³/mol. The average molecular weight is 317 g/mol. The van der Waals surface area contributed by atoms with E-state index < -0.39 is 11.4 Å². The zero-order chi connectivity index (χ0) is 16.9. The number of nitrogens with one attached hydrogen (secondary N) is 1. The van der Waals surface area contributed by atoms with Crippen molar-refractivity contribution in [3.63, 3.8) is 0 Å². The van der Waals surface area contributed by atoms with Crippen LogP contribution in [0.4, 0.5) is 0 Å². The van der Waals surface area contributed by atoms with E-state index in [0.29, 0.717) is 25.4 Å². The van der Waals surface area contributed by atoms with E-state index in [1.807, 2.05) is 13.8 Å². The van der Waals surface area contributed by atoms with Gasteiger partial charge in [-0.25, -0.2) is 0 Å². The fourth-order valence-electron chi connectivity index (χ4n) is 3.81. The van der Waals surface area contributed by atoms with Crippen LogP contribution >= 0.6 is 0 Å². The summed E-state index contributed by atoms with van der Waals surface area (Å²) >= 11 is 0. The minimum Gasteiger partial charge on any atom is -0.481 e. The molecule has 2 N–H and O–H groups in total. The number of carbonyl (C=O) groups is 1. The fourth-order valence-corrected chi connectivity index (χ4v) is 3.81. The van der Waals surface area contributed by atoms with Crippen molar-refractivity contribution in [3.05, 3.63) is 35.9 Å². The van der Waals surface area contributed by atoms with E-state index in [2.05, 4.69) is 42.6 Å². The lowest BCUT2D eigenvalue weighted by molar-refractivity contribution is -0.149. The Morgan fingerprint density at radius 2 is 1.78 bits per heavy atom. The van der Waals surface area contributed by atoms with Gasteiger partial charge in [-0.2, -0.15) is 0 Å². The molecule has 1 aliphatic rings. The molecular formula is C20H31NO2. The van der Waals surface area contributed by atoms with Crippen LogP contribution in [0.1, 0.15) is 64.9 Å². The number of hydrogen-bond acceptors (Lipinski definition) is 2. The average Bonchev–Trinajstić information content (AvgIpc) is 2.58. The lowest BCUT2D eigenvalue weighted by Crippen LogP contribution is -2.46. The molecule has 3 heteroatoms. The second-order valence-electron chi connectivity index (χ2n) is 7.37. The van der Waals surface area contributed by atoms with Gasteiger partial charge in [0, 0.05) is 12.6 Å². The number of benzene rings is 1. The molecule has 1 saturated carbocycles. The molecule has 128 valence electrons. The van der Waals surface area contributed by atoms with Crippen LogP contribution in [0.15, 0.2) is 30.3 Å². The Hall–Kier alpha value is -1.35. The molecule has 0 aliphatic heterocycles. The summed E-state index contributed by atoms with van der Waals surface area (Å²) in [6.45, 7) is 6.90. The van der Waals surface area contributed by atoms with Crippen molar-refractivity contribution < 1.29 is 9.90 Å². The van der Waals surface area contributed by atoms with Gasteiger partial charge in [0.2, 0.25) is 0 Å². The zero-order valence-electron chi connectivity index (χ0n) is 14.8. The molecule has 2 rings (SSSR count).